The highest BCUT2D eigenvalue weighted by Gasteiger charge is 2.22. The molecule has 9 heteroatoms. The lowest BCUT2D eigenvalue weighted by atomic mass is 9.98. The summed E-state index contributed by atoms with van der Waals surface area (Å²) in [5.41, 5.74) is 1.74. The number of halogens is 1. The van der Waals surface area contributed by atoms with Crippen molar-refractivity contribution in [3.05, 3.63) is 47.4 Å². The minimum absolute atomic E-state index is 0.0481. The monoisotopic (exact) mass is 393 g/mol. The van der Waals surface area contributed by atoms with Gasteiger partial charge < -0.3 is 5.11 Å². The largest absolute Gasteiger partial charge is 0.478 e. The van der Waals surface area contributed by atoms with Crippen molar-refractivity contribution in [2.45, 2.75) is 19.8 Å². The van der Waals surface area contributed by atoms with Gasteiger partial charge in [0.15, 0.2) is 0 Å². The van der Waals surface area contributed by atoms with E-state index < -0.39 is 21.8 Å². The third-order valence-electron chi connectivity index (χ3n) is 3.80. The van der Waals surface area contributed by atoms with E-state index in [4.69, 9.17) is 5.11 Å². The molecule has 0 aliphatic rings. The van der Waals surface area contributed by atoms with Crippen LogP contribution < -0.4 is 4.31 Å². The zero-order valence-electron chi connectivity index (χ0n) is 15.3. The van der Waals surface area contributed by atoms with Crippen LogP contribution in [-0.4, -0.2) is 42.8 Å². The van der Waals surface area contributed by atoms with Crippen molar-refractivity contribution in [3.63, 3.8) is 0 Å². The van der Waals surface area contributed by atoms with Crippen molar-refractivity contribution < 1.29 is 22.7 Å². The number of hydrogen-bond acceptors (Lipinski definition) is 5. The lowest BCUT2D eigenvalue weighted by Gasteiger charge is -2.20. The van der Waals surface area contributed by atoms with E-state index in [0.29, 0.717) is 22.5 Å². The summed E-state index contributed by atoms with van der Waals surface area (Å²) in [4.78, 5) is 19.7. The molecule has 0 atom stereocenters. The third-order valence-corrected chi connectivity index (χ3v) is 4.96. The summed E-state index contributed by atoms with van der Waals surface area (Å²) in [6.07, 6.45) is 3.35. The zero-order valence-corrected chi connectivity index (χ0v) is 16.2. The first-order valence-electron chi connectivity index (χ1n) is 8.03. The van der Waals surface area contributed by atoms with Crippen LogP contribution in [0.4, 0.5) is 10.3 Å². The highest BCUT2D eigenvalue weighted by Crippen LogP contribution is 2.31. The number of hydrogen-bond donors (Lipinski definition) is 1. The fourth-order valence-electron chi connectivity index (χ4n) is 2.35. The van der Waals surface area contributed by atoms with Crippen LogP contribution in [0.1, 0.15) is 31.0 Å². The van der Waals surface area contributed by atoms with Gasteiger partial charge in [-0.3, -0.25) is 0 Å². The molecule has 0 aliphatic heterocycles. The Morgan fingerprint density at radius 1 is 1.22 bits per heavy atom. The maximum absolute atomic E-state index is 13.3. The number of benzene rings is 1. The normalized spacial score (nSPS) is 11.9. The van der Waals surface area contributed by atoms with Gasteiger partial charge in [-0.2, -0.15) is 0 Å². The first-order valence-corrected chi connectivity index (χ1v) is 9.88. The van der Waals surface area contributed by atoms with Crippen LogP contribution in [0.3, 0.4) is 0 Å². The molecule has 1 N–H and O–H groups in total. The zero-order chi connectivity index (χ0) is 20.4. The van der Waals surface area contributed by atoms with Crippen molar-refractivity contribution in [1.29, 1.82) is 0 Å². The number of anilines is 1. The number of sulfonamides is 1. The van der Waals surface area contributed by atoms with Crippen molar-refractivity contribution in [3.8, 4) is 11.3 Å². The second-order valence-corrected chi connectivity index (χ2v) is 8.25. The van der Waals surface area contributed by atoms with Crippen LogP contribution in [0.2, 0.25) is 0 Å². The smallest absolute Gasteiger partial charge is 0.328 e. The van der Waals surface area contributed by atoms with E-state index in [2.05, 4.69) is 9.97 Å². The van der Waals surface area contributed by atoms with Gasteiger partial charge in [0.05, 0.1) is 17.6 Å². The molecule has 1 aromatic heterocycles. The predicted octanol–water partition coefficient (Wildman–Crippen LogP) is 2.90. The molecule has 144 valence electrons. The number of aromatic nitrogens is 2. The Morgan fingerprint density at radius 2 is 1.81 bits per heavy atom. The van der Waals surface area contributed by atoms with Crippen LogP contribution >= 0.6 is 0 Å². The molecule has 27 heavy (non-hydrogen) atoms. The number of carbonyl (C=O) groups is 1. The third kappa shape index (κ3) is 4.88. The van der Waals surface area contributed by atoms with Crippen molar-refractivity contribution in [2.75, 3.05) is 17.6 Å². The molecule has 0 unspecified atom stereocenters. The van der Waals surface area contributed by atoms with E-state index in [-0.39, 0.29) is 11.9 Å². The summed E-state index contributed by atoms with van der Waals surface area (Å²) in [5, 5.41) is 8.99. The molecular weight excluding hydrogens is 373 g/mol. The van der Waals surface area contributed by atoms with Gasteiger partial charge in [0.1, 0.15) is 5.82 Å². The molecule has 0 saturated heterocycles. The summed E-state index contributed by atoms with van der Waals surface area (Å²) >= 11 is 0. The number of aliphatic carboxylic acids is 1. The number of nitrogens with zero attached hydrogens (tertiary/aromatic N) is 3. The number of carboxylic acids is 1. The van der Waals surface area contributed by atoms with Gasteiger partial charge in [0.25, 0.3) is 0 Å². The molecule has 0 bridgehead atoms. The first kappa shape index (κ1) is 20.5. The molecule has 0 fully saturated rings. The molecule has 0 spiro atoms. The van der Waals surface area contributed by atoms with E-state index >= 15 is 0 Å². The van der Waals surface area contributed by atoms with Gasteiger partial charge in [0.2, 0.25) is 16.0 Å². The van der Waals surface area contributed by atoms with E-state index in [1.165, 1.54) is 37.4 Å². The Bertz CT molecular complexity index is 986. The number of carboxylic acid groups (broad SMARTS) is 1. The Hall–Kier alpha value is -2.81. The number of rotatable bonds is 6. The molecule has 7 nitrogen and oxygen atoms in total. The average molecular weight is 393 g/mol. The lowest BCUT2D eigenvalue weighted by Crippen LogP contribution is -2.27. The maximum Gasteiger partial charge on any atom is 0.328 e. The van der Waals surface area contributed by atoms with Crippen LogP contribution in [0.15, 0.2) is 30.3 Å². The van der Waals surface area contributed by atoms with Crippen LogP contribution in [0.25, 0.3) is 17.3 Å². The topological polar surface area (TPSA) is 100 Å². The van der Waals surface area contributed by atoms with Gasteiger partial charge in [0, 0.05) is 24.3 Å². The van der Waals surface area contributed by atoms with Gasteiger partial charge >= 0.3 is 5.97 Å². The quantitative estimate of drug-likeness (QED) is 0.758. The van der Waals surface area contributed by atoms with E-state index in [9.17, 15) is 17.6 Å². The molecule has 1 heterocycles. The Labute approximate surface area is 157 Å². The minimum Gasteiger partial charge on any atom is -0.478 e. The molecule has 0 aliphatic carbocycles. The highest BCUT2D eigenvalue weighted by molar-refractivity contribution is 7.92. The summed E-state index contributed by atoms with van der Waals surface area (Å²) in [6, 6.07) is 5.47. The average Bonchev–Trinajstić information content (AvgIpc) is 2.58. The fraction of sp³-hybridized carbons (Fsp3) is 0.278. The van der Waals surface area contributed by atoms with Crippen molar-refractivity contribution in [2.24, 2.45) is 0 Å². The minimum atomic E-state index is -3.61. The van der Waals surface area contributed by atoms with Gasteiger partial charge in [-0.25, -0.2) is 31.9 Å². The van der Waals surface area contributed by atoms with Gasteiger partial charge in [-0.15, -0.1) is 0 Å². The van der Waals surface area contributed by atoms with Gasteiger partial charge in [-0.05, 0) is 36.3 Å². The van der Waals surface area contributed by atoms with E-state index in [0.717, 1.165) is 16.6 Å². The lowest BCUT2D eigenvalue weighted by molar-refractivity contribution is -0.131. The second kappa shape index (κ2) is 7.83. The van der Waals surface area contributed by atoms with E-state index in [1.807, 2.05) is 13.8 Å². The van der Waals surface area contributed by atoms with Crippen molar-refractivity contribution >= 4 is 28.0 Å². The van der Waals surface area contributed by atoms with Crippen LogP contribution in [0, 0.1) is 5.82 Å². The highest BCUT2D eigenvalue weighted by atomic mass is 32.2. The molecule has 0 saturated carbocycles. The molecule has 1 aromatic carbocycles. The Morgan fingerprint density at radius 3 is 2.30 bits per heavy atom. The molecule has 2 aromatic rings. The standard InChI is InChI=1S/C18H20FN3O4S/c1-11(2)16-14(9-10-15(23)24)17(12-5-7-13(19)8-6-12)21-18(20-16)22(3)27(4,25)26/h5-11H,1-4H3,(H,23,24). The first-order chi connectivity index (χ1) is 12.5. The maximum atomic E-state index is 13.3. The fourth-order valence-corrected chi connectivity index (χ4v) is 2.73. The molecule has 0 radical (unpaired) electrons. The summed E-state index contributed by atoms with van der Waals surface area (Å²) in [6.45, 7) is 3.69. The Balaban J connectivity index is 2.84. The summed E-state index contributed by atoms with van der Waals surface area (Å²) in [7, 11) is -2.28. The van der Waals surface area contributed by atoms with Gasteiger partial charge in [-0.1, -0.05) is 13.8 Å². The predicted molar refractivity (Wildman–Crippen MR) is 101 cm³/mol. The summed E-state index contributed by atoms with van der Waals surface area (Å²) < 4.78 is 38.1. The van der Waals surface area contributed by atoms with Crippen LogP contribution in [-0.2, 0) is 14.8 Å². The van der Waals surface area contributed by atoms with E-state index in [1.54, 1.807) is 0 Å². The summed E-state index contributed by atoms with van der Waals surface area (Å²) in [5.74, 6) is -1.78. The van der Waals surface area contributed by atoms with Crippen molar-refractivity contribution in [1.82, 2.24) is 9.97 Å². The molecule has 2 rings (SSSR count). The molecule has 0 amide bonds. The molecular formula is C18H20FN3O4S. The SMILES string of the molecule is CC(C)c1nc(N(C)S(C)(=O)=O)nc(-c2ccc(F)cc2)c1C=CC(=O)O. The Kier molecular flexibility index (Phi) is 5.94. The van der Waals surface area contributed by atoms with Crippen LogP contribution in [0.5, 0.6) is 0 Å². The second-order valence-electron chi connectivity index (χ2n) is 6.23.